The van der Waals surface area contributed by atoms with Gasteiger partial charge < -0.3 is 19.6 Å². The topological polar surface area (TPSA) is 67.5 Å². The van der Waals surface area contributed by atoms with Crippen LogP contribution in [0.5, 0.6) is 5.75 Å². The number of halogens is 1. The number of furan rings is 1. The Morgan fingerprint density at radius 2 is 2.14 bits per heavy atom. The fourth-order valence-corrected chi connectivity index (χ4v) is 3.93. The van der Waals surface area contributed by atoms with Crippen LogP contribution in [0.15, 0.2) is 58.3 Å². The van der Waals surface area contributed by atoms with Crippen molar-refractivity contribution in [2.75, 3.05) is 19.8 Å². The molecular formula is C22H21ClN2O3S. The number of benzene rings is 2. The molecule has 0 amide bonds. The van der Waals surface area contributed by atoms with Gasteiger partial charge >= 0.3 is 0 Å². The Hall–Kier alpha value is -2.38. The van der Waals surface area contributed by atoms with Crippen molar-refractivity contribution in [3.63, 3.8) is 0 Å². The van der Waals surface area contributed by atoms with Crippen molar-refractivity contribution in [2.45, 2.75) is 13.0 Å². The number of aryl methyl sites for hydroxylation is 1. The van der Waals surface area contributed by atoms with Crippen LogP contribution in [0.2, 0.25) is 5.02 Å². The van der Waals surface area contributed by atoms with Gasteiger partial charge in [0.1, 0.15) is 23.6 Å². The summed E-state index contributed by atoms with van der Waals surface area (Å²) in [7, 11) is 0. The number of hydrogen-bond donors (Lipinski definition) is 2. The van der Waals surface area contributed by atoms with Gasteiger partial charge in [-0.05, 0) is 48.9 Å². The Kier molecular flexibility index (Phi) is 6.16. The second-order valence-corrected chi connectivity index (χ2v) is 8.15. The molecule has 0 aliphatic heterocycles. The van der Waals surface area contributed by atoms with Crippen LogP contribution < -0.4 is 10.1 Å². The molecular weight excluding hydrogens is 408 g/mol. The molecule has 4 rings (SSSR count). The summed E-state index contributed by atoms with van der Waals surface area (Å²) < 4.78 is 11.8. The van der Waals surface area contributed by atoms with E-state index in [1.54, 1.807) is 11.3 Å². The Bertz CT molecular complexity index is 1110. The van der Waals surface area contributed by atoms with Gasteiger partial charge in [0.25, 0.3) is 0 Å². The lowest BCUT2D eigenvalue weighted by Crippen LogP contribution is -2.28. The van der Waals surface area contributed by atoms with E-state index in [2.05, 4.69) is 10.3 Å². The number of fused-ring (bicyclic) bond motifs is 1. The van der Waals surface area contributed by atoms with E-state index in [0.717, 1.165) is 38.7 Å². The normalized spacial score (nSPS) is 12.4. The van der Waals surface area contributed by atoms with Gasteiger partial charge in [-0.15, -0.1) is 11.3 Å². The maximum absolute atomic E-state index is 9.64. The predicted octanol–water partition coefficient (Wildman–Crippen LogP) is 5.22. The Morgan fingerprint density at radius 3 is 2.90 bits per heavy atom. The lowest BCUT2D eigenvalue weighted by atomic mass is 10.1. The lowest BCUT2D eigenvalue weighted by Gasteiger charge is -2.17. The number of ether oxygens (including phenoxy) is 1. The molecule has 0 aliphatic carbocycles. The van der Waals surface area contributed by atoms with E-state index in [0.29, 0.717) is 18.2 Å². The van der Waals surface area contributed by atoms with Crippen molar-refractivity contribution in [1.82, 2.24) is 10.3 Å². The number of hydrogen-bond acceptors (Lipinski definition) is 6. The molecule has 7 heteroatoms. The number of aliphatic hydroxyl groups excluding tert-OH is 1. The third-order valence-corrected chi connectivity index (χ3v) is 5.56. The van der Waals surface area contributed by atoms with Gasteiger partial charge in [-0.2, -0.15) is 0 Å². The van der Waals surface area contributed by atoms with Crippen molar-refractivity contribution in [3.8, 4) is 17.2 Å². The first-order chi connectivity index (χ1) is 14.1. The molecule has 2 aromatic heterocycles. The largest absolute Gasteiger partial charge is 0.492 e. The quantitative estimate of drug-likeness (QED) is 0.376. The summed E-state index contributed by atoms with van der Waals surface area (Å²) in [6.45, 7) is 3.02. The third-order valence-electron chi connectivity index (χ3n) is 4.55. The summed E-state index contributed by atoms with van der Waals surface area (Å²) in [6, 6.07) is 15.0. The molecule has 0 bridgehead atoms. The van der Waals surface area contributed by atoms with Crippen LogP contribution >= 0.6 is 22.9 Å². The first-order valence-corrected chi connectivity index (χ1v) is 10.6. The first-order valence-electron chi connectivity index (χ1n) is 9.31. The van der Waals surface area contributed by atoms with Gasteiger partial charge in [-0.3, -0.25) is 0 Å². The third kappa shape index (κ3) is 4.79. The van der Waals surface area contributed by atoms with E-state index in [1.165, 1.54) is 0 Å². The van der Waals surface area contributed by atoms with Crippen LogP contribution in [-0.4, -0.2) is 29.8 Å². The van der Waals surface area contributed by atoms with Crippen LogP contribution in [-0.2, 0) is 0 Å². The monoisotopic (exact) mass is 428 g/mol. The molecule has 0 radical (unpaired) electrons. The second-order valence-electron chi connectivity index (χ2n) is 6.65. The highest BCUT2D eigenvalue weighted by atomic mass is 35.5. The molecule has 0 fully saturated rings. The molecule has 2 aromatic carbocycles. The molecule has 2 heterocycles. The van der Waals surface area contributed by atoms with Gasteiger partial charge in [0.05, 0.1) is 17.7 Å². The summed E-state index contributed by atoms with van der Waals surface area (Å²) in [5.74, 6) is 1.53. The Labute approximate surface area is 177 Å². The summed E-state index contributed by atoms with van der Waals surface area (Å²) in [6.07, 6.45) is 0. The van der Waals surface area contributed by atoms with Gasteiger partial charge in [0.2, 0.25) is 0 Å². The summed E-state index contributed by atoms with van der Waals surface area (Å²) >= 11 is 7.63. The minimum Gasteiger partial charge on any atom is -0.492 e. The minimum atomic E-state index is -0.183. The van der Waals surface area contributed by atoms with Gasteiger partial charge in [-0.1, -0.05) is 23.7 Å². The standard InChI is InChI=1S/C22H21ClN2O3S/c1-14-25-20(13-29-14)22-11-16-10-18(5-6-21(16)28-22)27-8-7-24-19(12-26)15-3-2-4-17(23)9-15/h2-6,9-11,13,19,24,26H,7-8,12H2,1H3/t19-/m0/s1. The zero-order valence-electron chi connectivity index (χ0n) is 15.9. The predicted molar refractivity (Wildman–Crippen MR) is 117 cm³/mol. The fourth-order valence-electron chi connectivity index (χ4n) is 3.13. The van der Waals surface area contributed by atoms with E-state index in [9.17, 15) is 5.11 Å². The molecule has 0 saturated carbocycles. The number of aromatic nitrogens is 1. The van der Waals surface area contributed by atoms with E-state index < -0.39 is 0 Å². The highest BCUT2D eigenvalue weighted by molar-refractivity contribution is 7.09. The van der Waals surface area contributed by atoms with Crippen molar-refractivity contribution in [2.24, 2.45) is 0 Å². The molecule has 5 nitrogen and oxygen atoms in total. The summed E-state index contributed by atoms with van der Waals surface area (Å²) in [5.41, 5.74) is 2.61. The molecule has 0 aliphatic rings. The number of thiazole rings is 1. The number of aliphatic hydroxyl groups is 1. The van der Waals surface area contributed by atoms with Crippen LogP contribution in [0.4, 0.5) is 0 Å². The minimum absolute atomic E-state index is 0.0137. The van der Waals surface area contributed by atoms with Crippen molar-refractivity contribution in [1.29, 1.82) is 0 Å². The van der Waals surface area contributed by atoms with Gasteiger partial charge in [0, 0.05) is 22.3 Å². The van der Waals surface area contributed by atoms with Gasteiger partial charge in [0.15, 0.2) is 5.76 Å². The van der Waals surface area contributed by atoms with Crippen molar-refractivity contribution < 1.29 is 14.3 Å². The molecule has 0 saturated heterocycles. The smallest absolute Gasteiger partial charge is 0.154 e. The van der Waals surface area contributed by atoms with E-state index in [1.807, 2.05) is 60.8 Å². The van der Waals surface area contributed by atoms with Crippen LogP contribution in [0.25, 0.3) is 22.4 Å². The fraction of sp³-hybridized carbons (Fsp3) is 0.227. The molecule has 150 valence electrons. The van der Waals surface area contributed by atoms with E-state index in [-0.39, 0.29) is 12.6 Å². The average Bonchev–Trinajstić information content (AvgIpc) is 3.33. The van der Waals surface area contributed by atoms with Crippen molar-refractivity contribution in [3.05, 3.63) is 69.5 Å². The molecule has 1 atom stereocenters. The van der Waals surface area contributed by atoms with Gasteiger partial charge in [-0.25, -0.2) is 4.98 Å². The van der Waals surface area contributed by atoms with Crippen LogP contribution in [0.3, 0.4) is 0 Å². The zero-order chi connectivity index (χ0) is 20.2. The number of rotatable bonds is 8. The Morgan fingerprint density at radius 1 is 1.24 bits per heavy atom. The summed E-state index contributed by atoms with van der Waals surface area (Å²) in [5, 5.41) is 17.6. The highest BCUT2D eigenvalue weighted by Gasteiger charge is 2.11. The first kappa shape index (κ1) is 19.9. The van der Waals surface area contributed by atoms with E-state index in [4.69, 9.17) is 20.8 Å². The molecule has 2 N–H and O–H groups in total. The second kappa shape index (κ2) is 8.97. The highest BCUT2D eigenvalue weighted by Crippen LogP contribution is 2.30. The van der Waals surface area contributed by atoms with Crippen LogP contribution in [0.1, 0.15) is 16.6 Å². The van der Waals surface area contributed by atoms with Crippen molar-refractivity contribution >= 4 is 33.9 Å². The average molecular weight is 429 g/mol. The SMILES string of the molecule is Cc1nc(-c2cc3cc(OCCN[C@@H](CO)c4cccc(Cl)c4)ccc3o2)cs1. The Balaban J connectivity index is 1.36. The maximum Gasteiger partial charge on any atom is 0.154 e. The molecule has 0 unspecified atom stereocenters. The molecule has 0 spiro atoms. The molecule has 29 heavy (non-hydrogen) atoms. The van der Waals surface area contributed by atoms with Crippen LogP contribution in [0, 0.1) is 6.92 Å². The number of nitrogens with zero attached hydrogens (tertiary/aromatic N) is 1. The maximum atomic E-state index is 9.64. The van der Waals surface area contributed by atoms with E-state index >= 15 is 0 Å². The number of nitrogens with one attached hydrogen (secondary N) is 1. The lowest BCUT2D eigenvalue weighted by molar-refractivity contribution is 0.232. The summed E-state index contributed by atoms with van der Waals surface area (Å²) in [4.78, 5) is 4.47. The molecule has 4 aromatic rings. The zero-order valence-corrected chi connectivity index (χ0v) is 17.5.